The van der Waals surface area contributed by atoms with E-state index in [4.69, 9.17) is 16.3 Å². The van der Waals surface area contributed by atoms with Gasteiger partial charge in [0.05, 0.1) is 35.6 Å². The van der Waals surface area contributed by atoms with Crippen LogP contribution < -0.4 is 10.1 Å². The SMILES string of the molecule is CCOc1ccc(C2c3cccn3-c3ccccc3CN2C(=O)Nc2ccccc2Cl)cc1. The summed E-state index contributed by atoms with van der Waals surface area (Å²) in [6, 6.07) is 27.0. The lowest BCUT2D eigenvalue weighted by Gasteiger charge is -2.31. The highest BCUT2D eigenvalue weighted by Crippen LogP contribution is 2.37. The van der Waals surface area contributed by atoms with Crippen LogP contribution in [-0.4, -0.2) is 22.1 Å². The van der Waals surface area contributed by atoms with Gasteiger partial charge >= 0.3 is 6.03 Å². The summed E-state index contributed by atoms with van der Waals surface area (Å²) in [6.07, 6.45) is 2.05. The number of para-hydroxylation sites is 2. The minimum atomic E-state index is -0.300. The molecule has 0 spiro atoms. The highest BCUT2D eigenvalue weighted by atomic mass is 35.5. The zero-order valence-electron chi connectivity index (χ0n) is 18.2. The number of amides is 2. The summed E-state index contributed by atoms with van der Waals surface area (Å²) in [4.78, 5) is 15.5. The Balaban J connectivity index is 1.61. The lowest BCUT2D eigenvalue weighted by atomic mass is 10.0. The number of ether oxygens (including phenoxy) is 1. The molecule has 33 heavy (non-hydrogen) atoms. The van der Waals surface area contributed by atoms with E-state index in [0.717, 1.165) is 28.3 Å². The Kier molecular flexibility index (Phi) is 5.80. The molecule has 0 bridgehead atoms. The van der Waals surface area contributed by atoms with E-state index in [-0.39, 0.29) is 12.1 Å². The lowest BCUT2D eigenvalue weighted by molar-refractivity contribution is 0.194. The number of benzene rings is 3. The van der Waals surface area contributed by atoms with Crippen molar-refractivity contribution in [3.8, 4) is 11.4 Å². The Morgan fingerprint density at radius 2 is 1.76 bits per heavy atom. The smallest absolute Gasteiger partial charge is 0.323 e. The number of rotatable bonds is 4. The van der Waals surface area contributed by atoms with E-state index in [9.17, 15) is 4.79 Å². The highest BCUT2D eigenvalue weighted by Gasteiger charge is 2.33. The van der Waals surface area contributed by atoms with Gasteiger partial charge in [0.15, 0.2) is 0 Å². The first-order valence-corrected chi connectivity index (χ1v) is 11.3. The molecule has 0 radical (unpaired) electrons. The van der Waals surface area contributed by atoms with E-state index in [2.05, 4.69) is 28.1 Å². The second kappa shape index (κ2) is 9.04. The number of fused-ring (bicyclic) bond motifs is 3. The van der Waals surface area contributed by atoms with Crippen LogP contribution in [0.25, 0.3) is 5.69 Å². The van der Waals surface area contributed by atoms with Gasteiger partial charge in [-0.3, -0.25) is 0 Å². The quantitative estimate of drug-likeness (QED) is 0.372. The van der Waals surface area contributed by atoms with Gasteiger partial charge in [-0.05, 0) is 60.5 Å². The molecular formula is C27H24ClN3O2. The van der Waals surface area contributed by atoms with Crippen molar-refractivity contribution in [3.05, 3.63) is 113 Å². The van der Waals surface area contributed by atoms with Gasteiger partial charge in [0, 0.05) is 11.9 Å². The van der Waals surface area contributed by atoms with Crippen LogP contribution in [0.2, 0.25) is 5.02 Å². The molecule has 6 heteroatoms. The van der Waals surface area contributed by atoms with Crippen molar-refractivity contribution in [3.63, 3.8) is 0 Å². The molecule has 1 atom stereocenters. The molecule has 1 aliphatic rings. The van der Waals surface area contributed by atoms with E-state index in [1.807, 2.05) is 72.6 Å². The summed E-state index contributed by atoms with van der Waals surface area (Å²) < 4.78 is 7.80. The number of nitrogens with one attached hydrogen (secondary N) is 1. The van der Waals surface area contributed by atoms with Gasteiger partial charge in [0.1, 0.15) is 5.75 Å². The number of aromatic nitrogens is 1. The van der Waals surface area contributed by atoms with Gasteiger partial charge in [-0.1, -0.05) is 54.1 Å². The standard InChI is InChI=1S/C27H24ClN3O2/c1-2-33-21-15-13-19(14-16-21)26-25-12-7-17-30(25)24-11-6-3-8-20(24)18-31(26)27(32)29-23-10-5-4-9-22(23)28/h3-17,26H,2,18H2,1H3,(H,29,32). The summed E-state index contributed by atoms with van der Waals surface area (Å²) in [5, 5.41) is 3.52. The van der Waals surface area contributed by atoms with Crippen molar-refractivity contribution in [1.29, 1.82) is 0 Å². The maximum Gasteiger partial charge on any atom is 0.323 e. The first kappa shape index (κ1) is 21.2. The van der Waals surface area contributed by atoms with Crippen LogP contribution >= 0.6 is 11.6 Å². The summed E-state index contributed by atoms with van der Waals surface area (Å²) in [6.45, 7) is 3.02. The number of hydrogen-bond acceptors (Lipinski definition) is 2. The van der Waals surface area contributed by atoms with Crippen molar-refractivity contribution in [2.24, 2.45) is 0 Å². The van der Waals surface area contributed by atoms with Gasteiger partial charge in [0.2, 0.25) is 0 Å². The molecule has 0 fully saturated rings. The number of carbonyl (C=O) groups is 1. The molecule has 1 N–H and O–H groups in total. The van der Waals surface area contributed by atoms with Gasteiger partial charge in [-0.15, -0.1) is 0 Å². The number of halogens is 1. The molecule has 1 aliphatic heterocycles. The molecule has 2 amide bonds. The van der Waals surface area contributed by atoms with Crippen molar-refractivity contribution in [2.45, 2.75) is 19.5 Å². The molecule has 0 saturated carbocycles. The minimum absolute atomic E-state index is 0.216. The Labute approximate surface area is 198 Å². The summed E-state index contributed by atoms with van der Waals surface area (Å²) >= 11 is 6.33. The van der Waals surface area contributed by atoms with E-state index in [0.29, 0.717) is 23.9 Å². The maximum atomic E-state index is 13.7. The van der Waals surface area contributed by atoms with Gasteiger partial charge in [-0.2, -0.15) is 0 Å². The second-order valence-corrected chi connectivity index (χ2v) is 8.28. The van der Waals surface area contributed by atoms with E-state index < -0.39 is 0 Å². The molecule has 1 unspecified atom stereocenters. The number of hydrogen-bond donors (Lipinski definition) is 1. The molecule has 0 aliphatic carbocycles. The summed E-state index contributed by atoms with van der Waals surface area (Å²) in [7, 11) is 0. The number of carbonyl (C=O) groups excluding carboxylic acids is 1. The average molecular weight is 458 g/mol. The van der Waals surface area contributed by atoms with Crippen LogP contribution in [0.5, 0.6) is 5.75 Å². The fraction of sp³-hybridized carbons (Fsp3) is 0.148. The summed E-state index contributed by atoms with van der Waals surface area (Å²) in [5.74, 6) is 0.806. The zero-order valence-corrected chi connectivity index (χ0v) is 19.0. The van der Waals surface area contributed by atoms with Crippen molar-refractivity contribution in [2.75, 3.05) is 11.9 Å². The Morgan fingerprint density at radius 1 is 1.00 bits per heavy atom. The molecule has 5 rings (SSSR count). The van der Waals surface area contributed by atoms with Crippen LogP contribution in [-0.2, 0) is 6.54 Å². The number of nitrogens with zero attached hydrogens (tertiary/aromatic N) is 2. The fourth-order valence-corrected chi connectivity index (χ4v) is 4.54. The minimum Gasteiger partial charge on any atom is -0.494 e. The molecule has 4 aromatic rings. The Bertz CT molecular complexity index is 1280. The third-order valence-corrected chi connectivity index (χ3v) is 6.18. The molecule has 2 heterocycles. The Morgan fingerprint density at radius 3 is 2.55 bits per heavy atom. The first-order chi connectivity index (χ1) is 16.2. The number of urea groups is 1. The van der Waals surface area contributed by atoms with E-state index >= 15 is 0 Å². The normalized spacial score (nSPS) is 14.7. The van der Waals surface area contributed by atoms with Crippen LogP contribution in [0, 0.1) is 0 Å². The van der Waals surface area contributed by atoms with Gasteiger partial charge in [-0.25, -0.2) is 4.79 Å². The zero-order chi connectivity index (χ0) is 22.8. The molecule has 1 aromatic heterocycles. The van der Waals surface area contributed by atoms with Crippen LogP contribution in [0.3, 0.4) is 0 Å². The summed E-state index contributed by atoms with van der Waals surface area (Å²) in [5.41, 5.74) is 4.74. The van der Waals surface area contributed by atoms with Crippen molar-refractivity contribution < 1.29 is 9.53 Å². The fourth-order valence-electron chi connectivity index (χ4n) is 4.35. The molecule has 3 aromatic carbocycles. The largest absolute Gasteiger partial charge is 0.494 e. The lowest BCUT2D eigenvalue weighted by Crippen LogP contribution is -2.38. The predicted octanol–water partition coefficient (Wildman–Crippen LogP) is 6.67. The van der Waals surface area contributed by atoms with Gasteiger partial charge < -0.3 is 19.5 Å². The van der Waals surface area contributed by atoms with Crippen LogP contribution in [0.1, 0.15) is 29.8 Å². The monoisotopic (exact) mass is 457 g/mol. The van der Waals surface area contributed by atoms with Crippen molar-refractivity contribution >= 4 is 23.3 Å². The first-order valence-electron chi connectivity index (χ1n) is 11.0. The van der Waals surface area contributed by atoms with Crippen molar-refractivity contribution in [1.82, 2.24) is 9.47 Å². The van der Waals surface area contributed by atoms with E-state index in [1.165, 1.54) is 0 Å². The van der Waals surface area contributed by atoms with Crippen LogP contribution in [0.15, 0.2) is 91.1 Å². The Hall–Kier alpha value is -3.70. The average Bonchev–Trinajstić information content (AvgIpc) is 3.26. The van der Waals surface area contributed by atoms with Crippen LogP contribution in [0.4, 0.5) is 10.5 Å². The predicted molar refractivity (Wildman–Crippen MR) is 131 cm³/mol. The number of anilines is 1. The van der Waals surface area contributed by atoms with E-state index in [1.54, 1.807) is 12.1 Å². The molecule has 166 valence electrons. The molecule has 0 saturated heterocycles. The van der Waals surface area contributed by atoms with Gasteiger partial charge in [0.25, 0.3) is 0 Å². The molecule has 5 nitrogen and oxygen atoms in total. The maximum absolute atomic E-state index is 13.7. The third kappa shape index (κ3) is 4.08. The topological polar surface area (TPSA) is 46.5 Å². The molecular weight excluding hydrogens is 434 g/mol. The third-order valence-electron chi connectivity index (χ3n) is 5.85. The second-order valence-electron chi connectivity index (χ2n) is 7.87. The highest BCUT2D eigenvalue weighted by molar-refractivity contribution is 6.33.